The van der Waals surface area contributed by atoms with Crippen LogP contribution in [0.1, 0.15) is 27.9 Å². The zero-order valence-corrected chi connectivity index (χ0v) is 14.1. The summed E-state index contributed by atoms with van der Waals surface area (Å²) in [5, 5.41) is 11.0. The summed E-state index contributed by atoms with van der Waals surface area (Å²) in [5.74, 6) is -0.111. The van der Waals surface area contributed by atoms with E-state index in [1.807, 2.05) is 0 Å². The van der Waals surface area contributed by atoms with Crippen LogP contribution in [0.15, 0.2) is 43.0 Å². The normalized spacial score (nSPS) is 23.5. The Bertz CT molecular complexity index is 767. The highest BCUT2D eigenvalue weighted by Gasteiger charge is 2.40. The molecule has 2 aromatic rings. The van der Waals surface area contributed by atoms with Crippen LogP contribution in [0.25, 0.3) is 0 Å². The molecule has 1 N–H and O–H groups in total. The molecule has 4 rings (SSSR count). The number of fused-ring (bicyclic) bond motifs is 1. The molecule has 0 unspecified atom stereocenters. The van der Waals surface area contributed by atoms with Gasteiger partial charge in [-0.05, 0) is 24.0 Å². The van der Waals surface area contributed by atoms with Gasteiger partial charge in [-0.15, -0.1) is 0 Å². The Labute approximate surface area is 147 Å². The number of hydrogen-bond donors (Lipinski definition) is 1. The van der Waals surface area contributed by atoms with Crippen LogP contribution in [0.2, 0.25) is 0 Å². The fourth-order valence-electron chi connectivity index (χ4n) is 3.86. The molecule has 1 aromatic carbocycles. The minimum atomic E-state index is -0.850. The van der Waals surface area contributed by atoms with Crippen LogP contribution >= 0.6 is 0 Å². The Morgan fingerprint density at radius 3 is 2.72 bits per heavy atom. The minimum Gasteiger partial charge on any atom is -0.387 e. The SMILES string of the molecule is O=C(c1cncnc1)N1CC[C@](O)(CN2CCc3ccccc3C2)C1. The van der Waals surface area contributed by atoms with Gasteiger partial charge >= 0.3 is 0 Å². The van der Waals surface area contributed by atoms with Crippen molar-refractivity contribution < 1.29 is 9.90 Å². The molecule has 1 fully saturated rings. The van der Waals surface area contributed by atoms with Crippen molar-refractivity contribution in [3.05, 3.63) is 59.7 Å². The lowest BCUT2D eigenvalue weighted by atomic mass is 9.97. The van der Waals surface area contributed by atoms with Crippen molar-refractivity contribution in [3.8, 4) is 0 Å². The van der Waals surface area contributed by atoms with Gasteiger partial charge in [-0.1, -0.05) is 24.3 Å². The third kappa shape index (κ3) is 3.41. The van der Waals surface area contributed by atoms with Crippen LogP contribution < -0.4 is 0 Å². The smallest absolute Gasteiger partial charge is 0.257 e. The van der Waals surface area contributed by atoms with E-state index in [4.69, 9.17) is 0 Å². The van der Waals surface area contributed by atoms with Crippen LogP contribution in [0.3, 0.4) is 0 Å². The van der Waals surface area contributed by atoms with Gasteiger partial charge < -0.3 is 10.0 Å². The average Bonchev–Trinajstić information content (AvgIpc) is 3.03. The summed E-state index contributed by atoms with van der Waals surface area (Å²) in [6, 6.07) is 8.48. The predicted octanol–water partition coefficient (Wildman–Crippen LogP) is 1.11. The number of amides is 1. The molecule has 6 heteroatoms. The molecule has 2 aliphatic heterocycles. The molecular formula is C19H22N4O2. The van der Waals surface area contributed by atoms with Gasteiger partial charge in [0.1, 0.15) is 6.33 Å². The molecule has 0 spiro atoms. The Morgan fingerprint density at radius 1 is 1.16 bits per heavy atom. The van der Waals surface area contributed by atoms with E-state index >= 15 is 0 Å². The number of carbonyl (C=O) groups is 1. The number of rotatable bonds is 3. The molecule has 1 saturated heterocycles. The summed E-state index contributed by atoms with van der Waals surface area (Å²) in [6.45, 7) is 3.32. The van der Waals surface area contributed by atoms with Gasteiger partial charge in [0.2, 0.25) is 0 Å². The van der Waals surface area contributed by atoms with Crippen molar-refractivity contribution in [2.75, 3.05) is 26.2 Å². The molecule has 3 heterocycles. The van der Waals surface area contributed by atoms with Gasteiger partial charge in [0.25, 0.3) is 5.91 Å². The van der Waals surface area contributed by atoms with Gasteiger partial charge in [-0.3, -0.25) is 9.69 Å². The van der Waals surface area contributed by atoms with Crippen LogP contribution in [-0.2, 0) is 13.0 Å². The number of aliphatic hydroxyl groups is 1. The Kier molecular flexibility index (Phi) is 4.23. The maximum absolute atomic E-state index is 12.5. The summed E-state index contributed by atoms with van der Waals surface area (Å²) >= 11 is 0. The lowest BCUT2D eigenvalue weighted by molar-refractivity contribution is 0.00804. The van der Waals surface area contributed by atoms with E-state index in [1.54, 1.807) is 4.90 Å². The van der Waals surface area contributed by atoms with Gasteiger partial charge in [0.15, 0.2) is 0 Å². The highest BCUT2D eigenvalue weighted by molar-refractivity contribution is 5.93. The van der Waals surface area contributed by atoms with E-state index in [2.05, 4.69) is 39.1 Å². The van der Waals surface area contributed by atoms with Gasteiger partial charge in [-0.2, -0.15) is 0 Å². The van der Waals surface area contributed by atoms with E-state index in [1.165, 1.54) is 29.8 Å². The second-order valence-electron chi connectivity index (χ2n) is 7.06. The average molecular weight is 338 g/mol. The first-order valence-corrected chi connectivity index (χ1v) is 8.69. The van der Waals surface area contributed by atoms with Gasteiger partial charge in [0.05, 0.1) is 17.7 Å². The summed E-state index contributed by atoms with van der Waals surface area (Å²) in [5.41, 5.74) is 2.36. The van der Waals surface area contributed by atoms with Crippen LogP contribution in [0, 0.1) is 0 Å². The number of likely N-dealkylation sites (tertiary alicyclic amines) is 1. The zero-order chi connectivity index (χ0) is 17.3. The third-order valence-electron chi connectivity index (χ3n) is 5.15. The van der Waals surface area contributed by atoms with Crippen molar-refractivity contribution in [2.45, 2.75) is 25.0 Å². The Balaban J connectivity index is 1.40. The van der Waals surface area contributed by atoms with E-state index in [-0.39, 0.29) is 5.91 Å². The molecule has 1 aromatic heterocycles. The Morgan fingerprint density at radius 2 is 1.92 bits per heavy atom. The fourth-order valence-corrected chi connectivity index (χ4v) is 3.86. The number of aromatic nitrogens is 2. The first kappa shape index (κ1) is 16.2. The molecule has 130 valence electrons. The first-order valence-electron chi connectivity index (χ1n) is 8.69. The standard InChI is InChI=1S/C19H22N4O2/c24-18(17-9-20-14-21-10-17)23-8-6-19(25,13-23)12-22-7-5-15-3-1-2-4-16(15)11-22/h1-4,9-10,14,25H,5-8,11-13H2/t19-/m0/s1. The van der Waals surface area contributed by atoms with E-state index < -0.39 is 5.60 Å². The number of carbonyl (C=O) groups excluding carboxylic acids is 1. The number of β-amino-alcohol motifs (C(OH)–C–C–N with tert-alkyl or cyclic N) is 1. The lowest BCUT2D eigenvalue weighted by Gasteiger charge is -2.34. The van der Waals surface area contributed by atoms with Crippen molar-refractivity contribution in [1.82, 2.24) is 19.8 Å². The Hall–Kier alpha value is -2.31. The molecule has 0 radical (unpaired) electrons. The minimum absolute atomic E-state index is 0.111. The molecular weight excluding hydrogens is 316 g/mol. The predicted molar refractivity (Wildman–Crippen MR) is 92.9 cm³/mol. The molecule has 25 heavy (non-hydrogen) atoms. The number of nitrogens with zero attached hydrogens (tertiary/aromatic N) is 4. The highest BCUT2D eigenvalue weighted by atomic mass is 16.3. The topological polar surface area (TPSA) is 69.6 Å². The fraction of sp³-hybridized carbons (Fsp3) is 0.421. The summed E-state index contributed by atoms with van der Waals surface area (Å²) in [7, 11) is 0. The van der Waals surface area contributed by atoms with Crippen LogP contribution in [0.4, 0.5) is 0 Å². The maximum atomic E-state index is 12.5. The van der Waals surface area contributed by atoms with E-state index in [9.17, 15) is 9.90 Å². The van der Waals surface area contributed by atoms with Crippen molar-refractivity contribution >= 4 is 5.91 Å². The lowest BCUT2D eigenvalue weighted by Crippen LogP contribution is -2.47. The zero-order valence-electron chi connectivity index (χ0n) is 14.1. The molecule has 1 amide bonds. The summed E-state index contributed by atoms with van der Waals surface area (Å²) in [6.07, 6.45) is 6.06. The van der Waals surface area contributed by atoms with Crippen molar-refractivity contribution in [1.29, 1.82) is 0 Å². The van der Waals surface area contributed by atoms with E-state index in [0.717, 1.165) is 19.5 Å². The summed E-state index contributed by atoms with van der Waals surface area (Å²) in [4.78, 5) is 24.3. The largest absolute Gasteiger partial charge is 0.387 e. The molecule has 6 nitrogen and oxygen atoms in total. The maximum Gasteiger partial charge on any atom is 0.257 e. The van der Waals surface area contributed by atoms with Crippen LogP contribution in [0.5, 0.6) is 0 Å². The van der Waals surface area contributed by atoms with E-state index in [0.29, 0.717) is 31.6 Å². The number of benzene rings is 1. The first-order chi connectivity index (χ1) is 12.1. The van der Waals surface area contributed by atoms with Crippen LogP contribution in [-0.4, -0.2) is 62.6 Å². The highest BCUT2D eigenvalue weighted by Crippen LogP contribution is 2.26. The second-order valence-corrected chi connectivity index (χ2v) is 7.06. The van der Waals surface area contributed by atoms with Gasteiger partial charge in [0, 0.05) is 38.6 Å². The molecule has 0 aliphatic carbocycles. The third-order valence-corrected chi connectivity index (χ3v) is 5.15. The molecule has 0 saturated carbocycles. The van der Waals surface area contributed by atoms with Crippen molar-refractivity contribution in [2.24, 2.45) is 0 Å². The van der Waals surface area contributed by atoms with Crippen molar-refractivity contribution in [3.63, 3.8) is 0 Å². The van der Waals surface area contributed by atoms with Gasteiger partial charge in [-0.25, -0.2) is 9.97 Å². The number of hydrogen-bond acceptors (Lipinski definition) is 5. The monoisotopic (exact) mass is 338 g/mol. The molecule has 0 bridgehead atoms. The quantitative estimate of drug-likeness (QED) is 0.908. The molecule has 1 atom stereocenters. The second kappa shape index (κ2) is 6.54. The molecule has 2 aliphatic rings. The summed E-state index contributed by atoms with van der Waals surface area (Å²) < 4.78 is 0.